The zero-order valence-electron chi connectivity index (χ0n) is 11.4. The lowest BCUT2D eigenvalue weighted by atomic mass is 9.84. The minimum Gasteiger partial charge on any atom is -0.375 e. The first-order valence-corrected chi connectivity index (χ1v) is 7.08. The van der Waals surface area contributed by atoms with E-state index in [0.29, 0.717) is 5.02 Å². The number of halogens is 1. The van der Waals surface area contributed by atoms with Crippen LogP contribution >= 0.6 is 11.6 Å². The molecule has 0 spiro atoms. The van der Waals surface area contributed by atoms with Gasteiger partial charge < -0.3 is 10.1 Å². The maximum Gasteiger partial charge on any atom is 0.223 e. The second kappa shape index (κ2) is 6.40. The second-order valence-corrected chi connectivity index (χ2v) is 5.57. The molecule has 3 nitrogen and oxygen atoms in total. The lowest BCUT2D eigenvalue weighted by molar-refractivity contribution is -0.129. The summed E-state index contributed by atoms with van der Waals surface area (Å²) in [6.07, 6.45) is 3.03. The molecule has 1 aromatic rings. The Bertz CT molecular complexity index is 428. The second-order valence-electron chi connectivity index (χ2n) is 5.13. The van der Waals surface area contributed by atoms with Crippen molar-refractivity contribution in [3.05, 3.63) is 34.9 Å². The Hall–Kier alpha value is -1.06. The van der Waals surface area contributed by atoms with Crippen LogP contribution in [0.1, 0.15) is 37.9 Å². The highest BCUT2D eigenvalue weighted by Crippen LogP contribution is 2.28. The number of nitrogens with one attached hydrogen (secondary N) is 1. The summed E-state index contributed by atoms with van der Waals surface area (Å²) in [5, 5.41) is 3.75. The van der Waals surface area contributed by atoms with Crippen molar-refractivity contribution < 1.29 is 9.53 Å². The molecule has 1 fully saturated rings. The topological polar surface area (TPSA) is 38.3 Å². The van der Waals surface area contributed by atoms with E-state index in [-0.39, 0.29) is 24.0 Å². The summed E-state index contributed by atoms with van der Waals surface area (Å²) in [4.78, 5) is 12.0. The van der Waals surface area contributed by atoms with Gasteiger partial charge in [0.25, 0.3) is 0 Å². The minimum atomic E-state index is -0.152. The van der Waals surface area contributed by atoms with Crippen molar-refractivity contribution in [3.63, 3.8) is 0 Å². The van der Waals surface area contributed by atoms with Crippen molar-refractivity contribution in [2.45, 2.75) is 38.3 Å². The van der Waals surface area contributed by atoms with Crippen LogP contribution in [0.25, 0.3) is 0 Å². The number of rotatable bonds is 5. The van der Waals surface area contributed by atoms with Gasteiger partial charge in [-0.2, -0.15) is 0 Å². The Balaban J connectivity index is 1.99. The molecule has 1 aliphatic carbocycles. The molecular weight excluding hydrogens is 262 g/mol. The molecule has 0 radical (unpaired) electrons. The molecule has 1 saturated carbocycles. The molecule has 0 aliphatic heterocycles. The fraction of sp³-hybridized carbons (Fsp3) is 0.533. The summed E-state index contributed by atoms with van der Waals surface area (Å²) in [7, 11) is 1.66. The van der Waals surface area contributed by atoms with Gasteiger partial charge in [0.2, 0.25) is 5.91 Å². The Labute approximate surface area is 119 Å². The standard InChI is InChI=1S/C15H20ClNO2/c1-10(17-15(18)12-4-3-5-12)14(19-2)11-6-8-13(16)9-7-11/h6-10,12,14H,3-5H2,1-2H3,(H,17,18)/t10-,14+/m1/s1. The largest absolute Gasteiger partial charge is 0.375 e. The van der Waals surface area contributed by atoms with E-state index in [0.717, 1.165) is 24.8 Å². The molecule has 0 heterocycles. The zero-order chi connectivity index (χ0) is 13.8. The zero-order valence-corrected chi connectivity index (χ0v) is 12.1. The summed E-state index contributed by atoms with van der Waals surface area (Å²) < 4.78 is 5.51. The third-order valence-corrected chi connectivity index (χ3v) is 4.00. The molecule has 0 bridgehead atoms. The number of amides is 1. The Kier molecular flexibility index (Phi) is 4.83. The third kappa shape index (κ3) is 3.48. The molecule has 0 unspecified atom stereocenters. The number of carbonyl (C=O) groups excluding carboxylic acids is 1. The van der Waals surface area contributed by atoms with Crippen LogP contribution in [0.3, 0.4) is 0 Å². The summed E-state index contributed by atoms with van der Waals surface area (Å²) in [6, 6.07) is 7.48. The first-order chi connectivity index (χ1) is 9.11. The minimum absolute atomic E-state index is 0.0562. The molecular formula is C15H20ClNO2. The lowest BCUT2D eigenvalue weighted by Gasteiger charge is -2.29. The maximum absolute atomic E-state index is 12.0. The van der Waals surface area contributed by atoms with Gasteiger partial charge in [0.1, 0.15) is 6.10 Å². The number of ether oxygens (including phenoxy) is 1. The number of methoxy groups -OCH3 is 1. The van der Waals surface area contributed by atoms with Crippen LogP contribution in [-0.2, 0) is 9.53 Å². The van der Waals surface area contributed by atoms with Crippen LogP contribution in [0.4, 0.5) is 0 Å². The van der Waals surface area contributed by atoms with Crippen LogP contribution < -0.4 is 5.32 Å². The molecule has 0 saturated heterocycles. The fourth-order valence-corrected chi connectivity index (χ4v) is 2.50. The molecule has 2 atom stereocenters. The number of hydrogen-bond acceptors (Lipinski definition) is 2. The molecule has 19 heavy (non-hydrogen) atoms. The number of benzene rings is 1. The fourth-order valence-electron chi connectivity index (χ4n) is 2.37. The molecule has 0 aromatic heterocycles. The summed E-state index contributed by atoms with van der Waals surface area (Å²) in [5.74, 6) is 0.347. The van der Waals surface area contributed by atoms with Crippen LogP contribution in [-0.4, -0.2) is 19.1 Å². The maximum atomic E-state index is 12.0. The van der Waals surface area contributed by atoms with Crippen LogP contribution in [0.15, 0.2) is 24.3 Å². The van der Waals surface area contributed by atoms with E-state index < -0.39 is 0 Å². The highest BCUT2D eigenvalue weighted by Gasteiger charge is 2.28. The smallest absolute Gasteiger partial charge is 0.223 e. The SMILES string of the molecule is CO[C@H](c1ccc(Cl)cc1)[C@@H](C)NC(=O)C1CCC1. The molecule has 1 aromatic carbocycles. The van der Waals surface area contributed by atoms with Gasteiger partial charge in [-0.15, -0.1) is 0 Å². The first kappa shape index (κ1) is 14.4. The third-order valence-electron chi connectivity index (χ3n) is 3.75. The van der Waals surface area contributed by atoms with Crippen molar-refractivity contribution >= 4 is 17.5 Å². The van der Waals surface area contributed by atoms with Gasteiger partial charge in [-0.05, 0) is 37.5 Å². The average Bonchev–Trinajstić information content (AvgIpc) is 2.30. The summed E-state index contributed by atoms with van der Waals surface area (Å²) in [5.41, 5.74) is 1.02. The number of hydrogen-bond donors (Lipinski definition) is 1. The van der Waals surface area contributed by atoms with Gasteiger partial charge in [0.15, 0.2) is 0 Å². The molecule has 1 aliphatic rings. The normalized spacial score (nSPS) is 18.5. The molecule has 4 heteroatoms. The number of carbonyl (C=O) groups is 1. The highest BCUT2D eigenvalue weighted by atomic mass is 35.5. The van der Waals surface area contributed by atoms with Gasteiger partial charge in [-0.3, -0.25) is 4.79 Å². The lowest BCUT2D eigenvalue weighted by Crippen LogP contribution is -2.42. The highest BCUT2D eigenvalue weighted by molar-refractivity contribution is 6.30. The van der Waals surface area contributed by atoms with Crippen molar-refractivity contribution in [2.75, 3.05) is 7.11 Å². The van der Waals surface area contributed by atoms with Crippen molar-refractivity contribution in [1.82, 2.24) is 5.32 Å². The predicted octanol–water partition coefficient (Wildman–Crippen LogP) is 3.33. The van der Waals surface area contributed by atoms with E-state index in [1.807, 2.05) is 31.2 Å². The summed E-state index contributed by atoms with van der Waals surface area (Å²) in [6.45, 7) is 1.97. The molecule has 2 rings (SSSR count). The van der Waals surface area contributed by atoms with E-state index in [9.17, 15) is 4.79 Å². The van der Waals surface area contributed by atoms with E-state index in [2.05, 4.69) is 5.32 Å². The van der Waals surface area contributed by atoms with E-state index in [1.165, 1.54) is 0 Å². The Morgan fingerprint density at radius 3 is 2.47 bits per heavy atom. The molecule has 104 valence electrons. The Morgan fingerprint density at radius 2 is 2.00 bits per heavy atom. The first-order valence-electron chi connectivity index (χ1n) is 6.70. The monoisotopic (exact) mass is 281 g/mol. The molecule has 1 N–H and O–H groups in total. The van der Waals surface area contributed by atoms with Gasteiger partial charge in [-0.25, -0.2) is 0 Å². The van der Waals surface area contributed by atoms with Crippen LogP contribution in [0, 0.1) is 5.92 Å². The van der Waals surface area contributed by atoms with E-state index in [4.69, 9.17) is 16.3 Å². The molecule has 1 amide bonds. The van der Waals surface area contributed by atoms with Gasteiger partial charge in [0.05, 0.1) is 6.04 Å². The van der Waals surface area contributed by atoms with Gasteiger partial charge >= 0.3 is 0 Å². The van der Waals surface area contributed by atoms with Crippen LogP contribution in [0.2, 0.25) is 5.02 Å². The van der Waals surface area contributed by atoms with E-state index in [1.54, 1.807) is 7.11 Å². The Morgan fingerprint density at radius 1 is 1.37 bits per heavy atom. The van der Waals surface area contributed by atoms with Crippen molar-refractivity contribution in [3.8, 4) is 0 Å². The quantitative estimate of drug-likeness (QED) is 0.899. The average molecular weight is 282 g/mol. The van der Waals surface area contributed by atoms with E-state index >= 15 is 0 Å². The van der Waals surface area contributed by atoms with Crippen LogP contribution in [0.5, 0.6) is 0 Å². The van der Waals surface area contributed by atoms with Crippen molar-refractivity contribution in [1.29, 1.82) is 0 Å². The van der Waals surface area contributed by atoms with Gasteiger partial charge in [0, 0.05) is 18.1 Å². The predicted molar refractivity (Wildman–Crippen MR) is 76.1 cm³/mol. The van der Waals surface area contributed by atoms with Crippen molar-refractivity contribution in [2.24, 2.45) is 5.92 Å². The van der Waals surface area contributed by atoms with Gasteiger partial charge in [-0.1, -0.05) is 30.2 Å². The summed E-state index contributed by atoms with van der Waals surface area (Å²) >= 11 is 5.88.